The third-order valence-electron chi connectivity index (χ3n) is 7.03. The molecule has 0 radical (unpaired) electrons. The van der Waals surface area contributed by atoms with Crippen molar-refractivity contribution in [1.29, 1.82) is 5.26 Å². The lowest BCUT2D eigenvalue weighted by Gasteiger charge is -2.31. The number of likely N-dealkylation sites (tertiary alicyclic amines) is 1. The monoisotopic (exact) mass is 511 g/mol. The molecule has 38 heavy (non-hydrogen) atoms. The molecule has 1 unspecified atom stereocenters. The van der Waals surface area contributed by atoms with Crippen molar-refractivity contribution < 1.29 is 9.47 Å². The topological polar surface area (TPSA) is 92.3 Å². The summed E-state index contributed by atoms with van der Waals surface area (Å²) in [5, 5.41) is 13.6. The van der Waals surface area contributed by atoms with Gasteiger partial charge in [0, 0.05) is 61.5 Å². The summed E-state index contributed by atoms with van der Waals surface area (Å²) < 4.78 is 12.9. The van der Waals surface area contributed by atoms with Crippen LogP contribution in [0.5, 0.6) is 11.5 Å². The average Bonchev–Trinajstić information content (AvgIpc) is 3.40. The molecule has 2 aromatic carbocycles. The Labute approximate surface area is 223 Å². The minimum atomic E-state index is 0.135. The average molecular weight is 512 g/mol. The molecule has 9 nitrogen and oxygen atoms in total. The van der Waals surface area contributed by atoms with Gasteiger partial charge in [-0.15, -0.1) is 0 Å². The fourth-order valence-corrected chi connectivity index (χ4v) is 5.03. The third-order valence-corrected chi connectivity index (χ3v) is 7.03. The maximum Gasteiger partial charge on any atom is 0.124 e. The molecule has 1 saturated heterocycles. The van der Waals surface area contributed by atoms with Crippen LogP contribution >= 0.6 is 0 Å². The molecule has 0 bridgehead atoms. The van der Waals surface area contributed by atoms with E-state index < -0.39 is 0 Å². The summed E-state index contributed by atoms with van der Waals surface area (Å²) in [5.41, 5.74) is 5.36. The first-order chi connectivity index (χ1) is 18.6. The van der Waals surface area contributed by atoms with Gasteiger partial charge in [-0.1, -0.05) is 0 Å². The van der Waals surface area contributed by atoms with Gasteiger partial charge in [0.2, 0.25) is 0 Å². The molecule has 1 aliphatic rings. The van der Waals surface area contributed by atoms with Gasteiger partial charge in [-0.2, -0.15) is 10.4 Å². The lowest BCUT2D eigenvalue weighted by atomic mass is 9.99. The quantitative estimate of drug-likeness (QED) is 0.316. The predicted molar refractivity (Wildman–Crippen MR) is 148 cm³/mol. The molecule has 1 aliphatic heterocycles. The van der Waals surface area contributed by atoms with Gasteiger partial charge >= 0.3 is 0 Å². The minimum absolute atomic E-state index is 0.135. The zero-order valence-electron chi connectivity index (χ0n) is 22.2. The van der Waals surface area contributed by atoms with Crippen molar-refractivity contribution in [2.24, 2.45) is 13.0 Å². The van der Waals surface area contributed by atoms with Crippen LogP contribution < -0.4 is 14.4 Å². The molecule has 2 aromatic heterocycles. The lowest BCUT2D eigenvalue weighted by Crippen LogP contribution is -2.36. The van der Waals surface area contributed by atoms with Gasteiger partial charge < -0.3 is 19.3 Å². The predicted octanol–water partition coefficient (Wildman–Crippen LogP) is 4.81. The Morgan fingerprint density at radius 3 is 2.58 bits per heavy atom. The van der Waals surface area contributed by atoms with Gasteiger partial charge in [-0.05, 0) is 50.6 Å². The Bertz CT molecular complexity index is 1420. The molecular weight excluding hydrogens is 478 g/mol. The summed E-state index contributed by atoms with van der Waals surface area (Å²) in [5.74, 6) is 1.60. The van der Waals surface area contributed by atoms with Crippen LogP contribution in [0.3, 0.4) is 0 Å². The summed E-state index contributed by atoms with van der Waals surface area (Å²) in [6, 6.07) is 14.6. The van der Waals surface area contributed by atoms with Gasteiger partial charge in [0.15, 0.2) is 0 Å². The van der Waals surface area contributed by atoms with Gasteiger partial charge in [0.1, 0.15) is 11.5 Å². The first kappa shape index (κ1) is 25.5. The van der Waals surface area contributed by atoms with Gasteiger partial charge in [0.25, 0.3) is 0 Å². The standard InChI is InChI=1S/C29H33N7O2/c1-34-20-22(17-32-34)29-18-31-27-8-7-23(14-28(27)33-29)36(24-12-25(37-2)15-26(13-24)38-3)11-5-10-35-9-4-6-21(16-30)19-35/h7-8,12-15,17-18,20-21H,4-6,9-11,19H2,1-3H3. The molecule has 0 spiro atoms. The Morgan fingerprint density at radius 2 is 1.87 bits per heavy atom. The number of rotatable bonds is 9. The molecule has 0 amide bonds. The van der Waals surface area contributed by atoms with E-state index in [4.69, 9.17) is 14.5 Å². The molecule has 3 heterocycles. The van der Waals surface area contributed by atoms with E-state index in [0.29, 0.717) is 0 Å². The second-order valence-electron chi connectivity index (χ2n) is 9.68. The summed E-state index contributed by atoms with van der Waals surface area (Å²) >= 11 is 0. The zero-order valence-corrected chi connectivity index (χ0v) is 22.2. The fraction of sp³-hybridized carbons (Fsp3) is 0.379. The molecule has 4 aromatic rings. The highest BCUT2D eigenvalue weighted by molar-refractivity contribution is 5.82. The van der Waals surface area contributed by atoms with E-state index in [1.807, 2.05) is 37.5 Å². The number of fused-ring (bicyclic) bond motifs is 1. The SMILES string of the molecule is COc1cc(OC)cc(N(CCCN2CCCC(C#N)C2)c2ccc3ncc(-c4cnn(C)c4)nc3c2)c1. The van der Waals surface area contributed by atoms with Gasteiger partial charge in [-0.25, -0.2) is 4.98 Å². The van der Waals surface area contributed by atoms with Crippen LogP contribution in [0.1, 0.15) is 19.3 Å². The molecule has 0 N–H and O–H groups in total. The van der Waals surface area contributed by atoms with E-state index in [-0.39, 0.29) is 5.92 Å². The second-order valence-corrected chi connectivity index (χ2v) is 9.68. The first-order valence-electron chi connectivity index (χ1n) is 12.9. The number of aryl methyl sites for hydroxylation is 1. The van der Waals surface area contributed by atoms with E-state index in [1.54, 1.807) is 31.3 Å². The van der Waals surface area contributed by atoms with E-state index >= 15 is 0 Å². The second kappa shape index (κ2) is 11.5. The van der Waals surface area contributed by atoms with Gasteiger partial charge in [0.05, 0.1) is 55.3 Å². The third kappa shape index (κ3) is 5.71. The van der Waals surface area contributed by atoms with Crippen LogP contribution in [0.4, 0.5) is 11.4 Å². The highest BCUT2D eigenvalue weighted by atomic mass is 16.5. The molecule has 196 valence electrons. The minimum Gasteiger partial charge on any atom is -0.497 e. The smallest absolute Gasteiger partial charge is 0.124 e. The Balaban J connectivity index is 1.46. The molecular formula is C29H33N7O2. The molecule has 9 heteroatoms. The summed E-state index contributed by atoms with van der Waals surface area (Å²) in [6.45, 7) is 3.62. The van der Waals surface area contributed by atoms with Crippen LogP contribution in [-0.4, -0.2) is 65.0 Å². The number of hydrogen-bond donors (Lipinski definition) is 0. The molecule has 0 aliphatic carbocycles. The van der Waals surface area contributed by atoms with E-state index in [2.05, 4.69) is 38.1 Å². The molecule has 1 fully saturated rings. The number of anilines is 2. The number of piperidine rings is 1. The van der Waals surface area contributed by atoms with Crippen LogP contribution in [0.15, 0.2) is 55.0 Å². The fourth-order valence-electron chi connectivity index (χ4n) is 5.03. The van der Waals surface area contributed by atoms with Crippen molar-refractivity contribution in [3.05, 3.63) is 55.0 Å². The van der Waals surface area contributed by atoms with Crippen molar-refractivity contribution in [3.63, 3.8) is 0 Å². The summed E-state index contributed by atoms with van der Waals surface area (Å²) in [6.07, 6.45) is 8.55. The number of nitriles is 1. The Hall–Kier alpha value is -4.16. The van der Waals surface area contributed by atoms with Crippen LogP contribution in [0, 0.1) is 17.2 Å². The van der Waals surface area contributed by atoms with Crippen molar-refractivity contribution in [3.8, 4) is 28.8 Å². The van der Waals surface area contributed by atoms with Crippen molar-refractivity contribution >= 4 is 22.4 Å². The number of ether oxygens (including phenoxy) is 2. The number of benzene rings is 2. The van der Waals surface area contributed by atoms with E-state index in [0.717, 1.165) is 90.6 Å². The maximum absolute atomic E-state index is 9.37. The maximum atomic E-state index is 9.37. The van der Waals surface area contributed by atoms with Crippen LogP contribution in [0.2, 0.25) is 0 Å². The number of aromatic nitrogens is 4. The zero-order chi connectivity index (χ0) is 26.5. The van der Waals surface area contributed by atoms with Crippen molar-refractivity contribution in [2.45, 2.75) is 19.3 Å². The normalized spacial score (nSPS) is 15.8. The van der Waals surface area contributed by atoms with Crippen molar-refractivity contribution in [1.82, 2.24) is 24.6 Å². The largest absolute Gasteiger partial charge is 0.497 e. The van der Waals surface area contributed by atoms with Crippen LogP contribution in [0.25, 0.3) is 22.3 Å². The highest BCUT2D eigenvalue weighted by Gasteiger charge is 2.20. The Kier molecular flexibility index (Phi) is 7.70. The number of nitrogens with zero attached hydrogens (tertiary/aromatic N) is 7. The highest BCUT2D eigenvalue weighted by Crippen LogP contribution is 2.34. The van der Waals surface area contributed by atoms with Crippen molar-refractivity contribution in [2.75, 3.05) is 45.3 Å². The molecule has 0 saturated carbocycles. The first-order valence-corrected chi connectivity index (χ1v) is 12.9. The van der Waals surface area contributed by atoms with Gasteiger partial charge in [-0.3, -0.25) is 9.67 Å². The molecule has 5 rings (SSSR count). The van der Waals surface area contributed by atoms with E-state index in [1.165, 1.54) is 0 Å². The summed E-state index contributed by atoms with van der Waals surface area (Å²) in [4.78, 5) is 14.2. The number of hydrogen-bond acceptors (Lipinski definition) is 8. The summed E-state index contributed by atoms with van der Waals surface area (Å²) in [7, 11) is 5.22. The Morgan fingerprint density at radius 1 is 1.05 bits per heavy atom. The number of methoxy groups -OCH3 is 2. The van der Waals surface area contributed by atoms with E-state index in [9.17, 15) is 5.26 Å². The lowest BCUT2D eigenvalue weighted by molar-refractivity contribution is 0.199. The van der Waals surface area contributed by atoms with Crippen LogP contribution in [-0.2, 0) is 7.05 Å². The molecule has 1 atom stereocenters.